The van der Waals surface area contributed by atoms with Crippen LogP contribution in [0.5, 0.6) is 0 Å². The van der Waals surface area contributed by atoms with Crippen LogP contribution in [0.3, 0.4) is 0 Å². The molecule has 0 spiro atoms. The summed E-state index contributed by atoms with van der Waals surface area (Å²) in [6.45, 7) is 8.70. The van der Waals surface area contributed by atoms with E-state index in [0.29, 0.717) is 0 Å². The lowest BCUT2D eigenvalue weighted by Crippen LogP contribution is -2.25. The van der Waals surface area contributed by atoms with Crippen molar-refractivity contribution in [2.45, 2.75) is 32.8 Å². The van der Waals surface area contributed by atoms with E-state index in [1.807, 2.05) is 0 Å². The van der Waals surface area contributed by atoms with Crippen molar-refractivity contribution in [1.82, 2.24) is 0 Å². The first-order valence-electron chi connectivity index (χ1n) is 4.33. The van der Waals surface area contributed by atoms with Gasteiger partial charge in [-0.2, -0.15) is 0 Å². The summed E-state index contributed by atoms with van der Waals surface area (Å²) in [5, 5.41) is 0. The van der Waals surface area contributed by atoms with Crippen LogP contribution in [0.4, 0.5) is 0 Å². The summed E-state index contributed by atoms with van der Waals surface area (Å²) in [6.07, 6.45) is 1.08. The molecule has 14 heavy (non-hydrogen) atoms. The molecular formula is C10H16O4. The van der Waals surface area contributed by atoms with Gasteiger partial charge in [-0.05, 0) is 20.8 Å². The van der Waals surface area contributed by atoms with Crippen LogP contribution < -0.4 is 0 Å². The largest absolute Gasteiger partial charge is 0.461 e. The minimum Gasteiger partial charge on any atom is -0.461 e. The Balaban J connectivity index is 3.83. The van der Waals surface area contributed by atoms with Crippen LogP contribution in [-0.4, -0.2) is 24.1 Å². The lowest BCUT2D eigenvalue weighted by Gasteiger charge is -2.18. The van der Waals surface area contributed by atoms with Crippen LogP contribution in [0.1, 0.15) is 27.2 Å². The van der Waals surface area contributed by atoms with Gasteiger partial charge in [0.25, 0.3) is 0 Å². The normalized spacial score (nSPS) is 10.5. The zero-order valence-electron chi connectivity index (χ0n) is 8.83. The van der Waals surface area contributed by atoms with Gasteiger partial charge in [0.2, 0.25) is 0 Å². The molecule has 0 aromatic rings. The maximum atomic E-state index is 11.1. The molecule has 0 unspecified atom stereocenters. The van der Waals surface area contributed by atoms with Crippen molar-refractivity contribution in [2.75, 3.05) is 6.61 Å². The van der Waals surface area contributed by atoms with E-state index in [4.69, 9.17) is 4.74 Å². The Kier molecular flexibility index (Phi) is 4.91. The van der Waals surface area contributed by atoms with Crippen molar-refractivity contribution in [1.29, 1.82) is 0 Å². The van der Waals surface area contributed by atoms with Crippen LogP contribution in [0, 0.1) is 0 Å². The summed E-state index contributed by atoms with van der Waals surface area (Å²) < 4.78 is 9.54. The SMILES string of the molecule is C=CCOC(=O)CC(=O)OC(C)(C)C. The molecule has 0 aliphatic heterocycles. The number of carbonyl (C=O) groups excluding carboxylic acids is 2. The Morgan fingerprint density at radius 3 is 2.29 bits per heavy atom. The average Bonchev–Trinajstić information content (AvgIpc) is 1.96. The first-order valence-corrected chi connectivity index (χ1v) is 4.33. The van der Waals surface area contributed by atoms with E-state index in [1.165, 1.54) is 6.08 Å². The monoisotopic (exact) mass is 200 g/mol. The predicted molar refractivity (Wildman–Crippen MR) is 51.6 cm³/mol. The van der Waals surface area contributed by atoms with E-state index in [1.54, 1.807) is 20.8 Å². The van der Waals surface area contributed by atoms with E-state index >= 15 is 0 Å². The summed E-state index contributed by atoms with van der Waals surface area (Å²) in [4.78, 5) is 22.0. The predicted octanol–water partition coefficient (Wildman–Crippen LogP) is 1.45. The molecule has 0 heterocycles. The third-order valence-corrected chi connectivity index (χ3v) is 1.07. The van der Waals surface area contributed by atoms with Gasteiger partial charge in [-0.25, -0.2) is 0 Å². The summed E-state index contributed by atoms with van der Waals surface area (Å²) in [6, 6.07) is 0. The van der Waals surface area contributed by atoms with Gasteiger partial charge >= 0.3 is 11.9 Å². The highest BCUT2D eigenvalue weighted by Gasteiger charge is 2.19. The Hall–Kier alpha value is -1.32. The zero-order valence-corrected chi connectivity index (χ0v) is 8.83. The van der Waals surface area contributed by atoms with Crippen LogP contribution in [-0.2, 0) is 19.1 Å². The van der Waals surface area contributed by atoms with Crippen molar-refractivity contribution in [3.8, 4) is 0 Å². The maximum Gasteiger partial charge on any atom is 0.317 e. The lowest BCUT2D eigenvalue weighted by molar-refractivity contribution is -0.161. The fourth-order valence-corrected chi connectivity index (χ4v) is 0.698. The quantitative estimate of drug-likeness (QED) is 0.391. The van der Waals surface area contributed by atoms with Crippen molar-refractivity contribution < 1.29 is 19.1 Å². The molecule has 0 aliphatic carbocycles. The second-order valence-corrected chi connectivity index (χ2v) is 3.73. The van der Waals surface area contributed by atoms with Crippen molar-refractivity contribution >= 4 is 11.9 Å². The van der Waals surface area contributed by atoms with Crippen molar-refractivity contribution in [2.24, 2.45) is 0 Å². The third kappa shape index (κ3) is 7.34. The molecule has 0 aromatic carbocycles. The maximum absolute atomic E-state index is 11.1. The first-order chi connectivity index (χ1) is 6.35. The highest BCUT2D eigenvalue weighted by atomic mass is 16.6. The molecule has 0 aliphatic rings. The zero-order chi connectivity index (χ0) is 11.2. The number of carbonyl (C=O) groups is 2. The smallest absolute Gasteiger partial charge is 0.317 e. The minimum atomic E-state index is -0.598. The van der Waals surface area contributed by atoms with E-state index in [0.717, 1.165) is 0 Å². The molecule has 0 bridgehead atoms. The number of esters is 2. The topological polar surface area (TPSA) is 52.6 Å². The molecule has 0 radical (unpaired) electrons. The highest BCUT2D eigenvalue weighted by Crippen LogP contribution is 2.08. The van der Waals surface area contributed by atoms with E-state index < -0.39 is 17.5 Å². The second kappa shape index (κ2) is 5.42. The van der Waals surface area contributed by atoms with E-state index in [2.05, 4.69) is 11.3 Å². The summed E-state index contributed by atoms with van der Waals surface area (Å²) in [5.41, 5.74) is -0.574. The number of rotatable bonds is 4. The van der Waals surface area contributed by atoms with Crippen LogP contribution in [0.15, 0.2) is 12.7 Å². The van der Waals surface area contributed by atoms with Gasteiger partial charge in [-0.1, -0.05) is 12.7 Å². The lowest BCUT2D eigenvalue weighted by atomic mass is 10.2. The molecule has 4 heteroatoms. The summed E-state index contributed by atoms with van der Waals surface area (Å²) in [7, 11) is 0. The van der Waals surface area contributed by atoms with Gasteiger partial charge < -0.3 is 9.47 Å². The van der Waals surface area contributed by atoms with Gasteiger partial charge in [0.15, 0.2) is 0 Å². The number of hydrogen-bond donors (Lipinski definition) is 0. The Labute approximate surface area is 83.9 Å². The van der Waals surface area contributed by atoms with Gasteiger partial charge in [0, 0.05) is 0 Å². The molecule has 0 amide bonds. The molecule has 0 saturated heterocycles. The summed E-state index contributed by atoms with van der Waals surface area (Å²) >= 11 is 0. The molecule has 0 aromatic heterocycles. The van der Waals surface area contributed by atoms with Gasteiger partial charge in [-0.15, -0.1) is 0 Å². The van der Waals surface area contributed by atoms with Gasteiger partial charge in [-0.3, -0.25) is 9.59 Å². The highest BCUT2D eigenvalue weighted by molar-refractivity contribution is 5.91. The van der Waals surface area contributed by atoms with E-state index in [-0.39, 0.29) is 13.0 Å². The van der Waals surface area contributed by atoms with Crippen molar-refractivity contribution in [3.05, 3.63) is 12.7 Å². The molecule has 0 saturated carbocycles. The molecule has 80 valence electrons. The summed E-state index contributed by atoms with van der Waals surface area (Å²) in [5.74, 6) is -1.18. The van der Waals surface area contributed by atoms with Crippen LogP contribution in [0.2, 0.25) is 0 Å². The van der Waals surface area contributed by atoms with Crippen LogP contribution >= 0.6 is 0 Å². The van der Waals surface area contributed by atoms with Gasteiger partial charge in [0.1, 0.15) is 18.6 Å². The fourth-order valence-electron chi connectivity index (χ4n) is 0.698. The Morgan fingerprint density at radius 1 is 1.29 bits per heavy atom. The molecule has 4 nitrogen and oxygen atoms in total. The molecule has 0 fully saturated rings. The third-order valence-electron chi connectivity index (χ3n) is 1.07. The number of hydrogen-bond acceptors (Lipinski definition) is 4. The number of ether oxygens (including phenoxy) is 2. The van der Waals surface area contributed by atoms with Crippen molar-refractivity contribution in [3.63, 3.8) is 0 Å². The molecule has 0 atom stereocenters. The Morgan fingerprint density at radius 2 is 1.86 bits per heavy atom. The van der Waals surface area contributed by atoms with Crippen LogP contribution in [0.25, 0.3) is 0 Å². The average molecular weight is 200 g/mol. The Bertz CT molecular complexity index is 225. The van der Waals surface area contributed by atoms with E-state index in [9.17, 15) is 9.59 Å². The fraction of sp³-hybridized carbons (Fsp3) is 0.600. The van der Waals surface area contributed by atoms with Gasteiger partial charge in [0.05, 0.1) is 0 Å². The molecule has 0 N–H and O–H groups in total. The standard InChI is InChI=1S/C10H16O4/c1-5-6-13-8(11)7-9(12)14-10(2,3)4/h5H,1,6-7H2,2-4H3. The molecule has 0 rings (SSSR count). The first kappa shape index (κ1) is 12.7. The molecular weight excluding hydrogens is 184 g/mol. The second-order valence-electron chi connectivity index (χ2n) is 3.73. The minimum absolute atomic E-state index is 0.113.